The summed E-state index contributed by atoms with van der Waals surface area (Å²) >= 11 is 0. The minimum Gasteiger partial charge on any atom is -0.325 e. The number of nitro benzene ring substituents is 1. The van der Waals surface area contributed by atoms with E-state index >= 15 is 0 Å². The first-order valence-electron chi connectivity index (χ1n) is 9.26. The van der Waals surface area contributed by atoms with Gasteiger partial charge in [-0.2, -0.15) is 0 Å². The molecular formula is C21H23N3O4. The molecule has 0 spiro atoms. The molecule has 1 saturated heterocycles. The number of nitrogens with zero attached hydrogens (tertiary/aromatic N) is 3. The van der Waals surface area contributed by atoms with Crippen LogP contribution >= 0.6 is 0 Å². The van der Waals surface area contributed by atoms with Gasteiger partial charge in [0.2, 0.25) is 5.91 Å². The minimum absolute atomic E-state index is 0.0738. The lowest BCUT2D eigenvalue weighted by Gasteiger charge is -2.39. The molecule has 0 aliphatic carbocycles. The lowest BCUT2D eigenvalue weighted by Crippen LogP contribution is -2.57. The molecule has 28 heavy (non-hydrogen) atoms. The molecule has 1 atom stereocenters. The Labute approximate surface area is 163 Å². The van der Waals surface area contributed by atoms with Crippen molar-refractivity contribution in [2.75, 3.05) is 18.0 Å². The number of carbonyl (C=O) groups is 2. The number of amides is 2. The molecular weight excluding hydrogens is 358 g/mol. The average molecular weight is 381 g/mol. The molecule has 2 amide bonds. The molecule has 0 N–H and O–H groups in total. The highest BCUT2D eigenvalue weighted by Gasteiger charge is 2.35. The predicted molar refractivity (Wildman–Crippen MR) is 106 cm³/mol. The first-order valence-corrected chi connectivity index (χ1v) is 9.26. The van der Waals surface area contributed by atoms with Crippen LogP contribution in [0.15, 0.2) is 48.5 Å². The van der Waals surface area contributed by atoms with Gasteiger partial charge >= 0.3 is 0 Å². The lowest BCUT2D eigenvalue weighted by molar-refractivity contribution is -0.384. The Morgan fingerprint density at radius 2 is 1.68 bits per heavy atom. The SMILES string of the molecule is CC(C)c1ccc(N2CCN(C(=O)c3ccc([N+](=O)[O-])cc3)[C@@H](C)C2=O)cc1. The third-order valence-corrected chi connectivity index (χ3v) is 5.11. The van der Waals surface area contributed by atoms with E-state index < -0.39 is 11.0 Å². The van der Waals surface area contributed by atoms with Crippen LogP contribution in [-0.4, -0.2) is 40.8 Å². The van der Waals surface area contributed by atoms with Crippen LogP contribution in [0.4, 0.5) is 11.4 Å². The van der Waals surface area contributed by atoms with Gasteiger partial charge in [-0.3, -0.25) is 19.7 Å². The fourth-order valence-electron chi connectivity index (χ4n) is 3.33. The Bertz CT molecular complexity index is 891. The first kappa shape index (κ1) is 19.5. The van der Waals surface area contributed by atoms with E-state index in [0.29, 0.717) is 24.6 Å². The molecule has 1 heterocycles. The molecule has 1 aliphatic rings. The van der Waals surface area contributed by atoms with E-state index in [9.17, 15) is 19.7 Å². The first-order chi connectivity index (χ1) is 13.3. The number of carbonyl (C=O) groups excluding carboxylic acids is 2. The maximum atomic E-state index is 12.9. The standard InChI is InChI=1S/C21H23N3O4/c1-14(2)16-4-8-18(9-5-16)23-13-12-22(15(3)20(23)25)21(26)17-6-10-19(11-7-17)24(27)28/h4-11,14-15H,12-13H2,1-3H3/t15-/m0/s1. The van der Waals surface area contributed by atoms with Gasteiger partial charge in [0.15, 0.2) is 0 Å². The minimum atomic E-state index is -0.610. The van der Waals surface area contributed by atoms with E-state index in [0.717, 1.165) is 5.69 Å². The smallest absolute Gasteiger partial charge is 0.269 e. The Morgan fingerprint density at radius 3 is 2.21 bits per heavy atom. The molecule has 0 bridgehead atoms. The number of rotatable bonds is 4. The van der Waals surface area contributed by atoms with Crippen LogP contribution in [0.5, 0.6) is 0 Å². The number of benzene rings is 2. The molecule has 0 unspecified atom stereocenters. The van der Waals surface area contributed by atoms with Crippen LogP contribution < -0.4 is 4.90 Å². The fraction of sp³-hybridized carbons (Fsp3) is 0.333. The van der Waals surface area contributed by atoms with Crippen LogP contribution in [0.25, 0.3) is 0 Å². The number of nitro groups is 1. The van der Waals surface area contributed by atoms with Gasteiger partial charge in [-0.15, -0.1) is 0 Å². The molecule has 7 nitrogen and oxygen atoms in total. The van der Waals surface area contributed by atoms with E-state index in [1.54, 1.807) is 11.8 Å². The zero-order valence-corrected chi connectivity index (χ0v) is 16.2. The van der Waals surface area contributed by atoms with E-state index in [1.165, 1.54) is 34.7 Å². The summed E-state index contributed by atoms with van der Waals surface area (Å²) in [6, 6.07) is 12.8. The molecule has 1 fully saturated rings. The van der Waals surface area contributed by atoms with E-state index in [1.807, 2.05) is 24.3 Å². The van der Waals surface area contributed by atoms with Crippen molar-refractivity contribution in [3.63, 3.8) is 0 Å². The van der Waals surface area contributed by atoms with Crippen LogP contribution in [0, 0.1) is 10.1 Å². The van der Waals surface area contributed by atoms with Crippen molar-refractivity contribution >= 4 is 23.2 Å². The van der Waals surface area contributed by atoms with Crippen LogP contribution in [0.2, 0.25) is 0 Å². The molecule has 0 saturated carbocycles. The highest BCUT2D eigenvalue weighted by Crippen LogP contribution is 2.24. The summed E-state index contributed by atoms with van der Waals surface area (Å²) in [4.78, 5) is 39.1. The van der Waals surface area contributed by atoms with Crippen LogP contribution in [-0.2, 0) is 4.79 Å². The van der Waals surface area contributed by atoms with E-state index in [-0.39, 0.29) is 17.5 Å². The van der Waals surface area contributed by atoms with Gasteiger partial charge < -0.3 is 9.80 Å². The van der Waals surface area contributed by atoms with Crippen LogP contribution in [0.1, 0.15) is 42.6 Å². The van der Waals surface area contributed by atoms with Gasteiger partial charge in [0.1, 0.15) is 6.04 Å². The van der Waals surface area contributed by atoms with Crippen molar-refractivity contribution in [2.24, 2.45) is 0 Å². The van der Waals surface area contributed by atoms with Crippen molar-refractivity contribution in [1.29, 1.82) is 0 Å². The van der Waals surface area contributed by atoms with Gasteiger partial charge in [-0.05, 0) is 42.7 Å². The van der Waals surface area contributed by atoms with Gasteiger partial charge in [0.05, 0.1) is 4.92 Å². The van der Waals surface area contributed by atoms with Gasteiger partial charge in [0, 0.05) is 36.5 Å². The highest BCUT2D eigenvalue weighted by molar-refractivity contribution is 6.03. The summed E-state index contributed by atoms with van der Waals surface area (Å²) in [7, 11) is 0. The van der Waals surface area contributed by atoms with Crippen LogP contribution in [0.3, 0.4) is 0 Å². The summed E-state index contributed by atoms with van der Waals surface area (Å²) in [5.41, 5.74) is 2.29. The summed E-state index contributed by atoms with van der Waals surface area (Å²) in [6.07, 6.45) is 0. The highest BCUT2D eigenvalue weighted by atomic mass is 16.6. The molecule has 1 aliphatic heterocycles. The number of hydrogen-bond acceptors (Lipinski definition) is 4. The second-order valence-corrected chi connectivity index (χ2v) is 7.21. The zero-order valence-electron chi connectivity index (χ0n) is 16.2. The average Bonchev–Trinajstić information content (AvgIpc) is 2.69. The van der Waals surface area contributed by atoms with E-state index in [4.69, 9.17) is 0 Å². The fourth-order valence-corrected chi connectivity index (χ4v) is 3.33. The molecule has 3 rings (SSSR count). The van der Waals surface area contributed by atoms with E-state index in [2.05, 4.69) is 13.8 Å². The number of non-ortho nitro benzene ring substituents is 1. The van der Waals surface area contributed by atoms with Crippen molar-refractivity contribution in [2.45, 2.75) is 32.7 Å². The third-order valence-electron chi connectivity index (χ3n) is 5.11. The Kier molecular flexibility index (Phi) is 5.44. The second-order valence-electron chi connectivity index (χ2n) is 7.21. The summed E-state index contributed by atoms with van der Waals surface area (Å²) < 4.78 is 0. The lowest BCUT2D eigenvalue weighted by atomic mass is 10.0. The maximum Gasteiger partial charge on any atom is 0.269 e. The topological polar surface area (TPSA) is 83.8 Å². The summed E-state index contributed by atoms with van der Waals surface area (Å²) in [5.74, 6) is -0.0239. The van der Waals surface area contributed by atoms with Gasteiger partial charge in [-0.25, -0.2) is 0 Å². The largest absolute Gasteiger partial charge is 0.325 e. The van der Waals surface area contributed by atoms with Crippen molar-refractivity contribution in [3.8, 4) is 0 Å². The maximum absolute atomic E-state index is 12.9. The monoisotopic (exact) mass is 381 g/mol. The zero-order chi connectivity index (χ0) is 20.4. The molecule has 2 aromatic carbocycles. The van der Waals surface area contributed by atoms with Crippen molar-refractivity contribution < 1.29 is 14.5 Å². The molecule has 2 aromatic rings. The predicted octanol–water partition coefficient (Wildman–Crippen LogP) is 3.60. The molecule has 7 heteroatoms. The molecule has 146 valence electrons. The second kappa shape index (κ2) is 7.80. The number of anilines is 1. The van der Waals surface area contributed by atoms with Gasteiger partial charge in [-0.1, -0.05) is 26.0 Å². The number of piperazine rings is 1. The van der Waals surface area contributed by atoms with Crippen molar-refractivity contribution in [3.05, 3.63) is 69.8 Å². The number of hydrogen-bond donors (Lipinski definition) is 0. The quantitative estimate of drug-likeness (QED) is 0.598. The van der Waals surface area contributed by atoms with Crippen molar-refractivity contribution in [1.82, 2.24) is 4.90 Å². The Balaban J connectivity index is 1.74. The Morgan fingerprint density at radius 1 is 1.07 bits per heavy atom. The normalized spacial score (nSPS) is 17.1. The van der Waals surface area contributed by atoms with Gasteiger partial charge in [0.25, 0.3) is 11.6 Å². The third kappa shape index (κ3) is 3.74. The molecule has 0 aromatic heterocycles. The summed E-state index contributed by atoms with van der Waals surface area (Å²) in [6.45, 7) is 6.74. The molecule has 0 radical (unpaired) electrons. The summed E-state index contributed by atoms with van der Waals surface area (Å²) in [5, 5.41) is 10.8. The Hall–Kier alpha value is -3.22.